The van der Waals surface area contributed by atoms with Crippen LogP contribution < -0.4 is 15.4 Å². The number of amidine groups is 1. The van der Waals surface area contributed by atoms with Crippen molar-refractivity contribution in [3.8, 4) is 5.75 Å². The first-order valence-electron chi connectivity index (χ1n) is 10.2. The Labute approximate surface area is 188 Å². The van der Waals surface area contributed by atoms with Crippen molar-refractivity contribution < 1.29 is 9.53 Å². The molecule has 3 rings (SSSR count). The van der Waals surface area contributed by atoms with E-state index in [1.807, 2.05) is 49.4 Å². The van der Waals surface area contributed by atoms with Crippen molar-refractivity contribution >= 4 is 35.2 Å². The summed E-state index contributed by atoms with van der Waals surface area (Å²) >= 11 is 6.46. The van der Waals surface area contributed by atoms with E-state index in [9.17, 15) is 4.79 Å². The minimum atomic E-state index is 0.221. The number of amides is 1. The Bertz CT molecular complexity index is 965. The Balaban J connectivity index is 1.77. The highest BCUT2D eigenvalue weighted by Gasteiger charge is 2.28. The van der Waals surface area contributed by atoms with Crippen LogP contribution in [0.2, 0.25) is 5.02 Å². The number of nitrogens with zero attached hydrogens (tertiary/aromatic N) is 3. The molecule has 2 N–H and O–H groups in total. The molecule has 1 atom stereocenters. The lowest BCUT2D eigenvalue weighted by atomic mass is 9.99. The van der Waals surface area contributed by atoms with E-state index in [1.165, 1.54) is 0 Å². The lowest BCUT2D eigenvalue weighted by Gasteiger charge is -2.33. The standard InChI is InChI=1S/C23H28ClN5O2/c1-4-6-18(25-2)13-31-22-10-9-17(12-20(22)24)28-23-19-11-16(27-15-30)7-5-8-21(19)29(3)14-26-23/h4,6-7,9-12,15,21H,5,8,13-14H2,1-3H3,(H,26,28)(H,27,30)/b6-4-,25-18?. The van der Waals surface area contributed by atoms with Crippen LogP contribution in [-0.2, 0) is 4.79 Å². The minimum Gasteiger partial charge on any atom is -0.486 e. The molecule has 1 aliphatic carbocycles. The number of ether oxygens (including phenoxy) is 1. The summed E-state index contributed by atoms with van der Waals surface area (Å²) in [4.78, 5) is 22.0. The monoisotopic (exact) mass is 441 g/mol. The molecule has 1 aliphatic heterocycles. The SMILES string of the molecule is C/C=C\C(COc1ccc(NC2=NCN(C)C3CCC=C(NC=O)C=C23)cc1Cl)=NC. The van der Waals surface area contributed by atoms with Crippen molar-refractivity contribution in [2.75, 3.05) is 32.7 Å². The molecule has 7 nitrogen and oxygen atoms in total. The van der Waals surface area contributed by atoms with E-state index in [4.69, 9.17) is 21.3 Å². The Morgan fingerprint density at radius 3 is 3.00 bits per heavy atom. The predicted octanol–water partition coefficient (Wildman–Crippen LogP) is 3.80. The topological polar surface area (TPSA) is 78.3 Å². The van der Waals surface area contributed by atoms with Gasteiger partial charge >= 0.3 is 0 Å². The average molecular weight is 442 g/mol. The van der Waals surface area contributed by atoms with Gasteiger partial charge in [-0.15, -0.1) is 0 Å². The fourth-order valence-corrected chi connectivity index (χ4v) is 3.81. The summed E-state index contributed by atoms with van der Waals surface area (Å²) in [7, 11) is 3.79. The van der Waals surface area contributed by atoms with Gasteiger partial charge in [0, 0.05) is 30.0 Å². The highest BCUT2D eigenvalue weighted by atomic mass is 35.5. The summed E-state index contributed by atoms with van der Waals surface area (Å²) < 4.78 is 5.81. The van der Waals surface area contributed by atoms with E-state index in [-0.39, 0.29) is 6.04 Å². The summed E-state index contributed by atoms with van der Waals surface area (Å²) in [6, 6.07) is 5.79. The average Bonchev–Trinajstić information content (AvgIpc) is 2.98. The molecule has 1 heterocycles. The molecule has 1 unspecified atom stereocenters. The van der Waals surface area contributed by atoms with Crippen LogP contribution in [0.5, 0.6) is 5.75 Å². The minimum absolute atomic E-state index is 0.221. The van der Waals surface area contributed by atoms with Crippen LogP contribution in [0.3, 0.4) is 0 Å². The molecular weight excluding hydrogens is 414 g/mol. The Hall–Kier alpha value is -2.90. The molecule has 0 saturated carbocycles. The molecule has 0 fully saturated rings. The van der Waals surface area contributed by atoms with Crippen LogP contribution in [0.1, 0.15) is 19.8 Å². The molecule has 1 aromatic rings. The van der Waals surface area contributed by atoms with Gasteiger partial charge in [-0.05, 0) is 57.2 Å². The van der Waals surface area contributed by atoms with Crippen LogP contribution in [0.15, 0.2) is 63.8 Å². The number of aliphatic imine (C=N–C) groups is 2. The zero-order valence-corrected chi connectivity index (χ0v) is 18.8. The molecule has 2 aliphatic rings. The summed E-state index contributed by atoms with van der Waals surface area (Å²) in [6.07, 6.45) is 10.4. The molecule has 31 heavy (non-hydrogen) atoms. The number of fused-ring (bicyclic) bond motifs is 1. The molecule has 0 spiro atoms. The number of benzene rings is 1. The number of carbonyl (C=O) groups is 1. The molecule has 1 aromatic carbocycles. The van der Waals surface area contributed by atoms with Crippen molar-refractivity contribution in [1.29, 1.82) is 0 Å². The number of halogens is 1. The molecule has 0 aromatic heterocycles. The van der Waals surface area contributed by atoms with Crippen molar-refractivity contribution in [1.82, 2.24) is 10.2 Å². The first-order chi connectivity index (χ1) is 15.0. The Morgan fingerprint density at radius 1 is 1.45 bits per heavy atom. The summed E-state index contributed by atoms with van der Waals surface area (Å²) in [5.41, 5.74) is 3.48. The van der Waals surface area contributed by atoms with Crippen molar-refractivity contribution in [3.63, 3.8) is 0 Å². The molecule has 8 heteroatoms. The first kappa shape index (κ1) is 22.8. The molecule has 0 bridgehead atoms. The third kappa shape index (κ3) is 5.83. The smallest absolute Gasteiger partial charge is 0.211 e. The van der Waals surface area contributed by atoms with E-state index in [0.717, 1.165) is 41.3 Å². The Morgan fingerprint density at radius 2 is 2.29 bits per heavy atom. The predicted molar refractivity (Wildman–Crippen MR) is 127 cm³/mol. The van der Waals surface area contributed by atoms with Gasteiger partial charge in [-0.25, -0.2) is 0 Å². The van der Waals surface area contributed by atoms with E-state index in [0.29, 0.717) is 30.5 Å². The van der Waals surface area contributed by atoms with Crippen LogP contribution in [0, 0.1) is 0 Å². The van der Waals surface area contributed by atoms with Gasteiger partial charge < -0.3 is 15.4 Å². The van der Waals surface area contributed by atoms with Gasteiger partial charge in [0.05, 0.1) is 17.4 Å². The van der Waals surface area contributed by atoms with Crippen LogP contribution >= 0.6 is 11.6 Å². The number of allylic oxidation sites excluding steroid dienone is 3. The molecule has 1 amide bonds. The normalized spacial score (nSPS) is 19.7. The van der Waals surface area contributed by atoms with Gasteiger partial charge in [0.25, 0.3) is 0 Å². The molecule has 164 valence electrons. The Kier molecular flexibility index (Phi) is 8.03. The maximum atomic E-state index is 10.9. The zero-order chi connectivity index (χ0) is 22.2. The lowest BCUT2D eigenvalue weighted by Crippen LogP contribution is -2.42. The molecule has 0 radical (unpaired) electrons. The lowest BCUT2D eigenvalue weighted by molar-refractivity contribution is -0.108. The second-order valence-corrected chi connectivity index (χ2v) is 7.70. The zero-order valence-electron chi connectivity index (χ0n) is 18.1. The highest BCUT2D eigenvalue weighted by Crippen LogP contribution is 2.30. The number of nitrogens with one attached hydrogen (secondary N) is 2. The number of hydrogen-bond donors (Lipinski definition) is 2. The number of hydrogen-bond acceptors (Lipinski definition) is 6. The summed E-state index contributed by atoms with van der Waals surface area (Å²) in [5, 5.41) is 6.66. The molecule has 0 saturated heterocycles. The van der Waals surface area contributed by atoms with Gasteiger partial charge in [-0.3, -0.25) is 19.7 Å². The van der Waals surface area contributed by atoms with E-state index < -0.39 is 0 Å². The van der Waals surface area contributed by atoms with Crippen molar-refractivity contribution in [3.05, 3.63) is 58.8 Å². The van der Waals surface area contributed by atoms with Crippen LogP contribution in [0.25, 0.3) is 0 Å². The second kappa shape index (κ2) is 10.9. The van der Waals surface area contributed by atoms with Crippen molar-refractivity contribution in [2.24, 2.45) is 9.98 Å². The van der Waals surface area contributed by atoms with Gasteiger partial charge in [0.2, 0.25) is 6.41 Å². The number of likely N-dealkylation sites (N-methyl/N-ethyl adjacent to an activating group) is 1. The van der Waals surface area contributed by atoms with E-state index in [2.05, 4.69) is 27.6 Å². The van der Waals surface area contributed by atoms with Gasteiger partial charge in [-0.2, -0.15) is 0 Å². The maximum Gasteiger partial charge on any atom is 0.211 e. The van der Waals surface area contributed by atoms with Crippen molar-refractivity contribution in [2.45, 2.75) is 25.8 Å². The largest absolute Gasteiger partial charge is 0.486 e. The van der Waals surface area contributed by atoms with Gasteiger partial charge in [0.15, 0.2) is 0 Å². The fourth-order valence-electron chi connectivity index (χ4n) is 3.57. The summed E-state index contributed by atoms with van der Waals surface area (Å²) in [5.74, 6) is 1.37. The van der Waals surface area contributed by atoms with E-state index >= 15 is 0 Å². The number of carbonyl (C=O) groups excluding carboxylic acids is 1. The van der Waals surface area contributed by atoms with E-state index in [1.54, 1.807) is 7.05 Å². The summed E-state index contributed by atoms with van der Waals surface area (Å²) in [6.45, 7) is 2.88. The number of anilines is 1. The first-order valence-corrected chi connectivity index (χ1v) is 10.6. The third-order valence-electron chi connectivity index (χ3n) is 5.17. The third-order valence-corrected chi connectivity index (χ3v) is 5.47. The quantitative estimate of drug-likeness (QED) is 0.498. The fraction of sp³-hybridized carbons (Fsp3) is 0.348. The second-order valence-electron chi connectivity index (χ2n) is 7.29. The van der Waals surface area contributed by atoms with Crippen LogP contribution in [-0.4, -0.2) is 56.3 Å². The van der Waals surface area contributed by atoms with Gasteiger partial charge in [-0.1, -0.05) is 23.8 Å². The maximum absolute atomic E-state index is 10.9. The highest BCUT2D eigenvalue weighted by molar-refractivity contribution is 6.32. The van der Waals surface area contributed by atoms with Crippen LogP contribution in [0.4, 0.5) is 5.69 Å². The van der Waals surface area contributed by atoms with Gasteiger partial charge in [0.1, 0.15) is 18.2 Å². The molecular formula is C23H28ClN5O2. The number of rotatable bonds is 7.